The average Bonchev–Trinajstić information content (AvgIpc) is 3.35. The van der Waals surface area contributed by atoms with Crippen molar-refractivity contribution in [2.75, 3.05) is 18.0 Å². The molecule has 0 aliphatic carbocycles. The molecule has 0 radical (unpaired) electrons. The fraction of sp³-hybridized carbons (Fsp3) is 0.310. The summed E-state index contributed by atoms with van der Waals surface area (Å²) in [5.41, 5.74) is 4.05. The molecular formula is C29H33N3OS. The number of carbonyl (C=O) groups excluding carboxylic acids is 1. The van der Waals surface area contributed by atoms with E-state index >= 15 is 0 Å². The van der Waals surface area contributed by atoms with Crippen LogP contribution >= 0.6 is 11.3 Å². The molecule has 0 fully saturated rings. The molecule has 0 saturated carbocycles. The zero-order valence-corrected chi connectivity index (χ0v) is 21.1. The summed E-state index contributed by atoms with van der Waals surface area (Å²) in [7, 11) is 0. The highest BCUT2D eigenvalue weighted by molar-refractivity contribution is 7.14. The highest BCUT2D eigenvalue weighted by Gasteiger charge is 2.14. The van der Waals surface area contributed by atoms with E-state index in [4.69, 9.17) is 4.98 Å². The van der Waals surface area contributed by atoms with Gasteiger partial charge in [-0.05, 0) is 46.9 Å². The number of nitrogens with one attached hydrogen (secondary N) is 1. The van der Waals surface area contributed by atoms with E-state index in [-0.39, 0.29) is 5.91 Å². The Morgan fingerprint density at radius 2 is 1.79 bits per heavy atom. The molecule has 34 heavy (non-hydrogen) atoms. The van der Waals surface area contributed by atoms with Gasteiger partial charge in [-0.1, -0.05) is 75.7 Å². The van der Waals surface area contributed by atoms with Crippen molar-refractivity contribution in [1.29, 1.82) is 0 Å². The Kier molecular flexibility index (Phi) is 7.96. The van der Waals surface area contributed by atoms with Crippen LogP contribution in [-0.4, -0.2) is 24.0 Å². The van der Waals surface area contributed by atoms with Crippen molar-refractivity contribution in [3.05, 3.63) is 83.2 Å². The SMILES string of the molecule is CCCCN(Cc1ccc(C(=O)NCC(C)C)cc1)c1nc(-c2ccc3ccccc3c2)cs1. The number of nitrogens with zero attached hydrogens (tertiary/aromatic N) is 2. The lowest BCUT2D eigenvalue weighted by atomic mass is 10.1. The van der Waals surface area contributed by atoms with Gasteiger partial charge >= 0.3 is 0 Å². The fourth-order valence-corrected chi connectivity index (χ4v) is 4.72. The third-order valence-electron chi connectivity index (χ3n) is 5.85. The second-order valence-electron chi connectivity index (χ2n) is 9.15. The van der Waals surface area contributed by atoms with E-state index in [2.05, 4.69) is 91.0 Å². The monoisotopic (exact) mass is 471 g/mol. The van der Waals surface area contributed by atoms with Crippen molar-refractivity contribution in [2.45, 2.75) is 40.2 Å². The molecule has 4 aromatic rings. The maximum atomic E-state index is 12.3. The van der Waals surface area contributed by atoms with Crippen LogP contribution in [0.5, 0.6) is 0 Å². The normalized spacial score (nSPS) is 11.2. The van der Waals surface area contributed by atoms with Gasteiger partial charge in [0.25, 0.3) is 5.91 Å². The third-order valence-corrected chi connectivity index (χ3v) is 6.75. The van der Waals surface area contributed by atoms with Crippen LogP contribution in [0.1, 0.15) is 49.5 Å². The van der Waals surface area contributed by atoms with Crippen LogP contribution in [0.2, 0.25) is 0 Å². The molecule has 0 spiro atoms. The highest BCUT2D eigenvalue weighted by Crippen LogP contribution is 2.30. The summed E-state index contributed by atoms with van der Waals surface area (Å²) in [6.45, 7) is 8.83. The molecule has 4 nitrogen and oxygen atoms in total. The van der Waals surface area contributed by atoms with Crippen LogP contribution in [0.15, 0.2) is 72.1 Å². The number of hydrogen-bond donors (Lipinski definition) is 1. The van der Waals surface area contributed by atoms with Gasteiger partial charge in [-0.25, -0.2) is 4.98 Å². The van der Waals surface area contributed by atoms with Crippen LogP contribution < -0.4 is 10.2 Å². The molecule has 0 aliphatic heterocycles. The molecule has 0 atom stereocenters. The standard InChI is InChI=1S/C29H33N3OS/c1-4-5-16-32(19-22-10-12-24(13-11-22)28(33)30-18-21(2)3)29-31-27(20-34-29)26-15-14-23-8-6-7-9-25(23)17-26/h6-15,17,20-21H,4-5,16,18-19H2,1-3H3,(H,30,33). The van der Waals surface area contributed by atoms with Crippen molar-refractivity contribution in [3.8, 4) is 11.3 Å². The van der Waals surface area contributed by atoms with E-state index in [0.717, 1.165) is 42.3 Å². The number of amides is 1. The van der Waals surface area contributed by atoms with Gasteiger partial charge in [0, 0.05) is 36.1 Å². The first-order valence-corrected chi connectivity index (χ1v) is 13.0. The number of fused-ring (bicyclic) bond motifs is 1. The van der Waals surface area contributed by atoms with Crippen molar-refractivity contribution >= 4 is 33.1 Å². The second-order valence-corrected chi connectivity index (χ2v) is 9.99. The number of thiazole rings is 1. The summed E-state index contributed by atoms with van der Waals surface area (Å²) in [5.74, 6) is 0.427. The molecule has 0 aliphatic rings. The molecule has 176 valence electrons. The maximum Gasteiger partial charge on any atom is 0.251 e. The van der Waals surface area contributed by atoms with Crippen LogP contribution in [0.25, 0.3) is 22.0 Å². The summed E-state index contributed by atoms with van der Waals surface area (Å²) >= 11 is 1.70. The Balaban J connectivity index is 1.50. The Morgan fingerprint density at radius 1 is 1.03 bits per heavy atom. The molecule has 0 unspecified atom stereocenters. The lowest BCUT2D eigenvalue weighted by Crippen LogP contribution is -2.27. The van der Waals surface area contributed by atoms with Crippen molar-refractivity contribution in [1.82, 2.24) is 10.3 Å². The first kappa shape index (κ1) is 24.0. The number of benzene rings is 3. The van der Waals surface area contributed by atoms with E-state index in [1.165, 1.54) is 16.3 Å². The van der Waals surface area contributed by atoms with E-state index in [0.29, 0.717) is 18.0 Å². The number of aromatic nitrogens is 1. The van der Waals surface area contributed by atoms with Crippen molar-refractivity contribution in [3.63, 3.8) is 0 Å². The number of anilines is 1. The van der Waals surface area contributed by atoms with E-state index < -0.39 is 0 Å². The molecule has 3 aromatic carbocycles. The number of hydrogen-bond acceptors (Lipinski definition) is 4. The molecular weight excluding hydrogens is 438 g/mol. The van der Waals surface area contributed by atoms with Gasteiger partial charge in [-0.15, -0.1) is 11.3 Å². The van der Waals surface area contributed by atoms with Gasteiger partial charge in [-0.3, -0.25) is 4.79 Å². The van der Waals surface area contributed by atoms with Crippen LogP contribution in [-0.2, 0) is 6.54 Å². The smallest absolute Gasteiger partial charge is 0.251 e. The first-order valence-electron chi connectivity index (χ1n) is 12.1. The van der Waals surface area contributed by atoms with Gasteiger partial charge in [0.1, 0.15) is 0 Å². The van der Waals surface area contributed by atoms with Gasteiger partial charge < -0.3 is 10.2 Å². The zero-order chi connectivity index (χ0) is 23.9. The Labute approximate surface area is 206 Å². The fourth-order valence-electron chi connectivity index (χ4n) is 3.86. The average molecular weight is 472 g/mol. The predicted octanol–water partition coefficient (Wildman–Crippen LogP) is 7.16. The van der Waals surface area contributed by atoms with Crippen LogP contribution in [0.4, 0.5) is 5.13 Å². The third kappa shape index (κ3) is 6.03. The first-order chi connectivity index (χ1) is 16.5. The summed E-state index contributed by atoms with van der Waals surface area (Å²) in [5, 5.41) is 8.65. The Bertz CT molecular complexity index is 1230. The molecule has 1 heterocycles. The molecule has 0 saturated heterocycles. The van der Waals surface area contributed by atoms with Crippen molar-refractivity contribution < 1.29 is 4.79 Å². The largest absolute Gasteiger partial charge is 0.352 e. The van der Waals surface area contributed by atoms with Crippen LogP contribution in [0.3, 0.4) is 0 Å². The Morgan fingerprint density at radius 3 is 2.53 bits per heavy atom. The molecule has 1 amide bonds. The lowest BCUT2D eigenvalue weighted by Gasteiger charge is -2.22. The van der Waals surface area contributed by atoms with Gasteiger partial charge in [0.05, 0.1) is 5.69 Å². The Hall–Kier alpha value is -3.18. The summed E-state index contributed by atoms with van der Waals surface area (Å²) in [6, 6.07) is 22.9. The van der Waals surface area contributed by atoms with Gasteiger partial charge in [0.2, 0.25) is 0 Å². The minimum atomic E-state index is -0.0111. The predicted molar refractivity (Wildman–Crippen MR) is 145 cm³/mol. The number of carbonyl (C=O) groups is 1. The quantitative estimate of drug-likeness (QED) is 0.267. The number of unbranched alkanes of at least 4 members (excludes halogenated alkanes) is 1. The van der Waals surface area contributed by atoms with Crippen LogP contribution in [0, 0.1) is 5.92 Å². The zero-order valence-electron chi connectivity index (χ0n) is 20.3. The molecule has 1 N–H and O–H groups in total. The van der Waals surface area contributed by atoms with Gasteiger partial charge in [0.15, 0.2) is 5.13 Å². The maximum absolute atomic E-state index is 12.3. The number of rotatable bonds is 10. The topological polar surface area (TPSA) is 45.2 Å². The minimum Gasteiger partial charge on any atom is -0.352 e. The lowest BCUT2D eigenvalue weighted by molar-refractivity contribution is 0.0949. The summed E-state index contributed by atoms with van der Waals surface area (Å²) < 4.78 is 0. The molecule has 0 bridgehead atoms. The summed E-state index contributed by atoms with van der Waals surface area (Å²) in [6.07, 6.45) is 2.24. The van der Waals surface area contributed by atoms with Gasteiger partial charge in [-0.2, -0.15) is 0 Å². The highest BCUT2D eigenvalue weighted by atomic mass is 32.1. The molecule has 4 rings (SSSR count). The van der Waals surface area contributed by atoms with E-state index in [9.17, 15) is 4.79 Å². The van der Waals surface area contributed by atoms with E-state index in [1.54, 1.807) is 11.3 Å². The molecule has 5 heteroatoms. The summed E-state index contributed by atoms with van der Waals surface area (Å²) in [4.78, 5) is 19.7. The van der Waals surface area contributed by atoms with E-state index in [1.807, 2.05) is 12.1 Å². The molecule has 1 aromatic heterocycles. The minimum absolute atomic E-state index is 0.0111. The second kappa shape index (κ2) is 11.3. The van der Waals surface area contributed by atoms with Crippen molar-refractivity contribution in [2.24, 2.45) is 5.92 Å².